The molecule has 1 aliphatic rings. The van der Waals surface area contributed by atoms with E-state index in [1.807, 2.05) is 0 Å². The molecule has 0 aromatic heterocycles. The van der Waals surface area contributed by atoms with E-state index in [4.69, 9.17) is 21.1 Å². The Kier molecular flexibility index (Phi) is 6.07. The summed E-state index contributed by atoms with van der Waals surface area (Å²) < 4.78 is 37.6. The summed E-state index contributed by atoms with van der Waals surface area (Å²) in [4.78, 5) is 12.7. The van der Waals surface area contributed by atoms with Crippen molar-refractivity contribution in [2.75, 3.05) is 29.1 Å². The topological polar surface area (TPSA) is 84.9 Å². The number of nitrogens with one attached hydrogen (secondary N) is 1. The number of hydrogen-bond donors (Lipinski definition) is 1. The zero-order valence-electron chi connectivity index (χ0n) is 15.1. The molecule has 0 radical (unpaired) electrons. The molecule has 2 aromatic rings. The summed E-state index contributed by atoms with van der Waals surface area (Å²) in [5.41, 5.74) is 0.768. The number of nitrogens with zero attached hydrogens (tertiary/aromatic N) is 1. The van der Waals surface area contributed by atoms with Gasteiger partial charge in [-0.05, 0) is 53.2 Å². The standard InChI is InChI=1S/C18H18BrClN2O5S/c1-11(18(23)21-12-3-5-14(19)15(20)9-12)22(28(2,24)25)13-4-6-16-17(10-13)27-8-7-26-16/h3-6,9-11H,7-8H2,1-2H3,(H,21,23)/t11-/m1/s1. The first-order chi connectivity index (χ1) is 13.2. The number of amides is 1. The van der Waals surface area contributed by atoms with Crippen molar-refractivity contribution < 1.29 is 22.7 Å². The molecule has 10 heteroatoms. The predicted molar refractivity (Wildman–Crippen MR) is 112 cm³/mol. The molecule has 1 atom stereocenters. The Labute approximate surface area is 176 Å². The van der Waals surface area contributed by atoms with Gasteiger partial charge < -0.3 is 14.8 Å². The number of rotatable bonds is 5. The van der Waals surface area contributed by atoms with Crippen molar-refractivity contribution in [3.05, 3.63) is 45.9 Å². The smallest absolute Gasteiger partial charge is 0.247 e. The van der Waals surface area contributed by atoms with Crippen LogP contribution in [0.25, 0.3) is 0 Å². The molecule has 3 rings (SSSR count). The molecule has 2 aromatic carbocycles. The number of ether oxygens (including phenoxy) is 2. The molecule has 150 valence electrons. The van der Waals surface area contributed by atoms with Gasteiger partial charge in [-0.1, -0.05) is 11.6 Å². The van der Waals surface area contributed by atoms with Crippen molar-refractivity contribution in [3.8, 4) is 11.5 Å². The second-order valence-electron chi connectivity index (χ2n) is 6.18. The highest BCUT2D eigenvalue weighted by molar-refractivity contribution is 9.10. The number of hydrogen-bond acceptors (Lipinski definition) is 5. The fourth-order valence-corrected chi connectivity index (χ4v) is 4.39. The second-order valence-corrected chi connectivity index (χ2v) is 9.30. The first-order valence-electron chi connectivity index (χ1n) is 8.32. The highest BCUT2D eigenvalue weighted by Gasteiger charge is 2.30. The van der Waals surface area contributed by atoms with Crippen LogP contribution in [0.2, 0.25) is 5.02 Å². The molecule has 0 spiro atoms. The SMILES string of the molecule is C[C@H](C(=O)Nc1ccc(Br)c(Cl)c1)N(c1ccc2c(c1)OCCO2)S(C)(=O)=O. The molecule has 0 bridgehead atoms. The lowest BCUT2D eigenvalue weighted by atomic mass is 10.2. The summed E-state index contributed by atoms with van der Waals surface area (Å²) in [7, 11) is -3.75. The highest BCUT2D eigenvalue weighted by Crippen LogP contribution is 2.35. The van der Waals surface area contributed by atoms with Crippen LogP contribution in [0, 0.1) is 0 Å². The average Bonchev–Trinajstić information content (AvgIpc) is 2.63. The molecule has 1 heterocycles. The number of halogens is 2. The number of carbonyl (C=O) groups excluding carboxylic acids is 1. The van der Waals surface area contributed by atoms with Gasteiger partial charge >= 0.3 is 0 Å². The molecule has 1 N–H and O–H groups in total. The van der Waals surface area contributed by atoms with Crippen molar-refractivity contribution in [1.29, 1.82) is 0 Å². The minimum atomic E-state index is -3.75. The van der Waals surface area contributed by atoms with Gasteiger partial charge in [0.25, 0.3) is 0 Å². The van der Waals surface area contributed by atoms with E-state index in [0.29, 0.717) is 45.6 Å². The average molecular weight is 490 g/mol. The Hall–Kier alpha value is -1.97. The molecule has 1 aliphatic heterocycles. The number of fused-ring (bicyclic) bond motifs is 1. The monoisotopic (exact) mass is 488 g/mol. The molecule has 0 saturated heterocycles. The van der Waals surface area contributed by atoms with Crippen LogP contribution in [0.5, 0.6) is 11.5 Å². The lowest BCUT2D eigenvalue weighted by molar-refractivity contribution is -0.116. The van der Waals surface area contributed by atoms with Crippen LogP contribution in [0.15, 0.2) is 40.9 Å². The van der Waals surface area contributed by atoms with Crippen molar-refractivity contribution in [2.24, 2.45) is 0 Å². The van der Waals surface area contributed by atoms with E-state index in [2.05, 4.69) is 21.2 Å². The maximum Gasteiger partial charge on any atom is 0.247 e. The third-order valence-electron chi connectivity index (χ3n) is 4.06. The van der Waals surface area contributed by atoms with E-state index in [1.165, 1.54) is 6.92 Å². The van der Waals surface area contributed by atoms with Crippen LogP contribution < -0.4 is 19.1 Å². The van der Waals surface area contributed by atoms with E-state index in [9.17, 15) is 13.2 Å². The van der Waals surface area contributed by atoms with Crippen LogP contribution in [0.1, 0.15) is 6.92 Å². The van der Waals surface area contributed by atoms with Gasteiger partial charge in [-0.2, -0.15) is 0 Å². The summed E-state index contributed by atoms with van der Waals surface area (Å²) in [6, 6.07) is 8.67. The highest BCUT2D eigenvalue weighted by atomic mass is 79.9. The van der Waals surface area contributed by atoms with E-state index in [1.54, 1.807) is 36.4 Å². The van der Waals surface area contributed by atoms with Gasteiger partial charge in [0, 0.05) is 16.2 Å². The van der Waals surface area contributed by atoms with E-state index < -0.39 is 22.0 Å². The quantitative estimate of drug-likeness (QED) is 0.693. The van der Waals surface area contributed by atoms with Crippen molar-refractivity contribution in [2.45, 2.75) is 13.0 Å². The maximum absolute atomic E-state index is 12.7. The lowest BCUT2D eigenvalue weighted by Crippen LogP contribution is -2.45. The number of carbonyl (C=O) groups is 1. The third-order valence-corrected chi connectivity index (χ3v) is 6.53. The minimum absolute atomic E-state index is 0.309. The van der Waals surface area contributed by atoms with Gasteiger partial charge in [0.15, 0.2) is 11.5 Å². The Bertz CT molecular complexity index is 1020. The van der Waals surface area contributed by atoms with Crippen LogP contribution in [-0.2, 0) is 14.8 Å². The molecule has 28 heavy (non-hydrogen) atoms. The molecule has 0 saturated carbocycles. The van der Waals surface area contributed by atoms with E-state index in [-0.39, 0.29) is 0 Å². The van der Waals surface area contributed by atoms with E-state index >= 15 is 0 Å². The number of benzene rings is 2. The summed E-state index contributed by atoms with van der Waals surface area (Å²) in [6.45, 7) is 2.31. The van der Waals surface area contributed by atoms with Gasteiger partial charge in [0.2, 0.25) is 15.9 Å². The first-order valence-corrected chi connectivity index (χ1v) is 11.3. The van der Waals surface area contributed by atoms with Crippen LogP contribution >= 0.6 is 27.5 Å². The normalized spacial score (nSPS) is 14.3. The minimum Gasteiger partial charge on any atom is -0.486 e. The zero-order valence-corrected chi connectivity index (χ0v) is 18.3. The summed E-state index contributed by atoms with van der Waals surface area (Å²) >= 11 is 9.33. The largest absolute Gasteiger partial charge is 0.486 e. The lowest BCUT2D eigenvalue weighted by Gasteiger charge is -2.29. The summed E-state index contributed by atoms with van der Waals surface area (Å²) in [5.74, 6) is 0.466. The zero-order chi connectivity index (χ0) is 20.5. The van der Waals surface area contributed by atoms with Crippen molar-refractivity contribution in [1.82, 2.24) is 0 Å². The Morgan fingerprint density at radius 1 is 1.18 bits per heavy atom. The second kappa shape index (κ2) is 8.18. The fourth-order valence-electron chi connectivity index (χ4n) is 2.80. The fraction of sp³-hybridized carbons (Fsp3) is 0.278. The Balaban J connectivity index is 1.89. The van der Waals surface area contributed by atoms with Gasteiger partial charge in [-0.3, -0.25) is 9.10 Å². The van der Waals surface area contributed by atoms with Crippen molar-refractivity contribution >= 4 is 54.8 Å². The summed E-state index contributed by atoms with van der Waals surface area (Å²) in [5, 5.41) is 3.12. The van der Waals surface area contributed by atoms with Gasteiger partial charge in [-0.25, -0.2) is 8.42 Å². The van der Waals surface area contributed by atoms with Crippen molar-refractivity contribution in [3.63, 3.8) is 0 Å². The van der Waals surface area contributed by atoms with Crippen LogP contribution in [-0.4, -0.2) is 39.8 Å². The molecule has 0 fully saturated rings. The first kappa shape index (κ1) is 20.8. The molecular weight excluding hydrogens is 472 g/mol. The predicted octanol–water partition coefficient (Wildman–Crippen LogP) is 3.67. The van der Waals surface area contributed by atoms with Crippen LogP contribution in [0.4, 0.5) is 11.4 Å². The number of sulfonamides is 1. The number of anilines is 2. The third kappa shape index (κ3) is 4.53. The molecular formula is C18H18BrClN2O5S. The Morgan fingerprint density at radius 3 is 2.50 bits per heavy atom. The molecule has 0 aliphatic carbocycles. The Morgan fingerprint density at radius 2 is 1.86 bits per heavy atom. The van der Waals surface area contributed by atoms with Gasteiger partial charge in [0.05, 0.1) is 17.0 Å². The maximum atomic E-state index is 12.7. The summed E-state index contributed by atoms with van der Waals surface area (Å²) in [6.07, 6.45) is 1.05. The van der Waals surface area contributed by atoms with Gasteiger partial charge in [-0.15, -0.1) is 0 Å². The van der Waals surface area contributed by atoms with E-state index in [0.717, 1.165) is 10.6 Å². The van der Waals surface area contributed by atoms with Crippen LogP contribution in [0.3, 0.4) is 0 Å². The molecule has 1 amide bonds. The van der Waals surface area contributed by atoms with Gasteiger partial charge in [0.1, 0.15) is 19.3 Å². The molecule has 0 unspecified atom stereocenters. The molecule has 7 nitrogen and oxygen atoms in total.